The SMILES string of the molecule is COc1ccc(-c2nnc(SCC(=O)NN=Cc3cccc([N+](=O)[O-])c3)n2-c2ccc(C)cc2)cc1. The number of aromatic nitrogens is 3. The first-order valence-corrected chi connectivity index (χ1v) is 11.8. The first-order chi connectivity index (χ1) is 17.4. The Morgan fingerprint density at radius 2 is 1.89 bits per heavy atom. The van der Waals surface area contributed by atoms with Crippen LogP contribution in [0.25, 0.3) is 17.1 Å². The van der Waals surface area contributed by atoms with E-state index in [4.69, 9.17) is 4.74 Å². The number of thioether (sulfide) groups is 1. The van der Waals surface area contributed by atoms with E-state index in [1.807, 2.05) is 60.0 Å². The zero-order chi connectivity index (χ0) is 25.5. The van der Waals surface area contributed by atoms with Gasteiger partial charge in [-0.2, -0.15) is 5.10 Å². The lowest BCUT2D eigenvalue weighted by molar-refractivity contribution is -0.384. The first kappa shape index (κ1) is 24.6. The van der Waals surface area contributed by atoms with E-state index in [0.717, 1.165) is 22.6 Å². The summed E-state index contributed by atoms with van der Waals surface area (Å²) in [5.74, 6) is 1.05. The summed E-state index contributed by atoms with van der Waals surface area (Å²) < 4.78 is 7.14. The fourth-order valence-electron chi connectivity index (χ4n) is 3.28. The molecule has 1 N–H and O–H groups in total. The Morgan fingerprint density at radius 1 is 1.14 bits per heavy atom. The molecule has 0 radical (unpaired) electrons. The topological polar surface area (TPSA) is 125 Å². The van der Waals surface area contributed by atoms with Gasteiger partial charge in [0.05, 0.1) is 24.0 Å². The van der Waals surface area contributed by atoms with Gasteiger partial charge >= 0.3 is 0 Å². The fraction of sp³-hybridized carbons (Fsp3) is 0.120. The number of nitro groups is 1. The van der Waals surface area contributed by atoms with Crippen LogP contribution in [0.15, 0.2) is 83.1 Å². The molecule has 11 heteroatoms. The number of hydrogen-bond donors (Lipinski definition) is 1. The quantitative estimate of drug-likeness (QED) is 0.156. The summed E-state index contributed by atoms with van der Waals surface area (Å²) in [6.07, 6.45) is 1.35. The van der Waals surface area contributed by atoms with Gasteiger partial charge < -0.3 is 4.74 Å². The number of nitro benzene ring substituents is 1. The number of rotatable bonds is 9. The van der Waals surface area contributed by atoms with Crippen LogP contribution in [0.4, 0.5) is 5.69 Å². The van der Waals surface area contributed by atoms with E-state index in [9.17, 15) is 14.9 Å². The summed E-state index contributed by atoms with van der Waals surface area (Å²) in [6, 6.07) is 21.4. The van der Waals surface area contributed by atoms with Gasteiger partial charge in [-0.05, 0) is 43.3 Å². The fourth-order valence-corrected chi connectivity index (χ4v) is 4.02. The second kappa shape index (κ2) is 11.3. The van der Waals surface area contributed by atoms with Crippen molar-refractivity contribution < 1.29 is 14.5 Å². The van der Waals surface area contributed by atoms with E-state index in [1.165, 1.54) is 30.1 Å². The summed E-state index contributed by atoms with van der Waals surface area (Å²) in [4.78, 5) is 22.8. The van der Waals surface area contributed by atoms with Gasteiger partial charge in [-0.25, -0.2) is 5.43 Å². The van der Waals surface area contributed by atoms with Crippen LogP contribution >= 0.6 is 11.8 Å². The molecule has 0 aliphatic heterocycles. The molecule has 0 aliphatic rings. The van der Waals surface area contributed by atoms with Crippen molar-refractivity contribution >= 4 is 29.6 Å². The van der Waals surface area contributed by atoms with Gasteiger partial charge in [-0.1, -0.05) is 41.6 Å². The maximum absolute atomic E-state index is 12.4. The molecule has 4 rings (SSSR count). The van der Waals surface area contributed by atoms with E-state index >= 15 is 0 Å². The zero-order valence-corrected chi connectivity index (χ0v) is 20.3. The third kappa shape index (κ3) is 5.94. The first-order valence-electron chi connectivity index (χ1n) is 10.8. The van der Waals surface area contributed by atoms with E-state index in [1.54, 1.807) is 19.2 Å². The predicted molar refractivity (Wildman–Crippen MR) is 138 cm³/mol. The van der Waals surface area contributed by atoms with Crippen molar-refractivity contribution in [1.29, 1.82) is 0 Å². The maximum Gasteiger partial charge on any atom is 0.270 e. The molecule has 0 atom stereocenters. The van der Waals surface area contributed by atoms with E-state index in [-0.39, 0.29) is 17.3 Å². The van der Waals surface area contributed by atoms with Gasteiger partial charge in [0.15, 0.2) is 11.0 Å². The Hall–Kier alpha value is -4.51. The van der Waals surface area contributed by atoms with Crippen molar-refractivity contribution in [1.82, 2.24) is 20.2 Å². The molecule has 0 aliphatic carbocycles. The Labute approximate surface area is 211 Å². The molecule has 0 fully saturated rings. The number of ether oxygens (including phenoxy) is 1. The third-order valence-corrected chi connectivity index (χ3v) is 6.02. The van der Waals surface area contributed by atoms with Gasteiger partial charge in [-0.15, -0.1) is 10.2 Å². The highest BCUT2D eigenvalue weighted by atomic mass is 32.2. The lowest BCUT2D eigenvalue weighted by atomic mass is 10.2. The number of aryl methyl sites for hydroxylation is 1. The molecule has 182 valence electrons. The summed E-state index contributed by atoms with van der Waals surface area (Å²) in [6.45, 7) is 2.01. The normalized spacial score (nSPS) is 10.9. The van der Waals surface area contributed by atoms with Crippen LogP contribution in [0.2, 0.25) is 0 Å². The Kier molecular flexibility index (Phi) is 7.71. The number of non-ortho nitro benzene ring substituents is 1. The lowest BCUT2D eigenvalue weighted by Gasteiger charge is -2.11. The number of benzene rings is 3. The molecule has 1 aromatic heterocycles. The van der Waals surface area contributed by atoms with Crippen LogP contribution in [-0.2, 0) is 4.79 Å². The molecule has 4 aromatic rings. The van der Waals surface area contributed by atoms with Gasteiger partial charge in [0.25, 0.3) is 11.6 Å². The smallest absolute Gasteiger partial charge is 0.270 e. The van der Waals surface area contributed by atoms with Crippen molar-refractivity contribution in [2.75, 3.05) is 12.9 Å². The predicted octanol–water partition coefficient (Wildman–Crippen LogP) is 4.40. The molecular formula is C25H22N6O4S. The number of nitrogens with one attached hydrogen (secondary N) is 1. The molecule has 0 saturated heterocycles. The largest absolute Gasteiger partial charge is 0.497 e. The molecule has 3 aromatic carbocycles. The average Bonchev–Trinajstić information content (AvgIpc) is 3.32. The third-order valence-electron chi connectivity index (χ3n) is 5.09. The van der Waals surface area contributed by atoms with Crippen molar-refractivity contribution in [3.63, 3.8) is 0 Å². The van der Waals surface area contributed by atoms with Crippen LogP contribution in [0, 0.1) is 17.0 Å². The molecule has 10 nitrogen and oxygen atoms in total. The number of amides is 1. The second-order valence-corrected chi connectivity index (χ2v) is 8.58. The van der Waals surface area contributed by atoms with E-state index in [0.29, 0.717) is 16.5 Å². The van der Waals surface area contributed by atoms with Crippen LogP contribution in [0.5, 0.6) is 5.75 Å². The molecule has 36 heavy (non-hydrogen) atoms. The number of hydrogen-bond acceptors (Lipinski definition) is 8. The Bertz CT molecular complexity index is 1400. The number of hydrazone groups is 1. The zero-order valence-electron chi connectivity index (χ0n) is 19.5. The minimum absolute atomic E-state index is 0.0406. The molecule has 1 heterocycles. The standard InChI is InChI=1S/C25H22N6O4S/c1-17-6-10-20(11-7-17)30-24(19-8-12-22(35-2)13-9-19)28-29-25(30)36-16-23(32)27-26-15-18-4-3-5-21(14-18)31(33)34/h3-15H,16H2,1-2H3,(H,27,32). The van der Waals surface area contributed by atoms with Crippen LogP contribution in [-0.4, -0.2) is 44.7 Å². The summed E-state index contributed by atoms with van der Waals surface area (Å²) in [5, 5.41) is 24.0. The number of nitrogens with zero attached hydrogens (tertiary/aromatic N) is 5. The van der Waals surface area contributed by atoms with E-state index < -0.39 is 4.92 Å². The minimum atomic E-state index is -0.489. The highest BCUT2D eigenvalue weighted by Gasteiger charge is 2.17. The molecule has 0 spiro atoms. The van der Waals surface area contributed by atoms with Crippen LogP contribution in [0.1, 0.15) is 11.1 Å². The monoisotopic (exact) mass is 502 g/mol. The molecule has 1 amide bonds. The van der Waals surface area contributed by atoms with Crippen LogP contribution < -0.4 is 10.2 Å². The highest BCUT2D eigenvalue weighted by molar-refractivity contribution is 7.99. The maximum atomic E-state index is 12.4. The minimum Gasteiger partial charge on any atom is -0.497 e. The second-order valence-electron chi connectivity index (χ2n) is 7.64. The summed E-state index contributed by atoms with van der Waals surface area (Å²) in [7, 11) is 1.61. The van der Waals surface area contributed by atoms with Gasteiger partial charge in [0, 0.05) is 28.9 Å². The van der Waals surface area contributed by atoms with Gasteiger partial charge in [-0.3, -0.25) is 19.5 Å². The molecule has 0 saturated carbocycles. The Balaban J connectivity index is 1.50. The Morgan fingerprint density at radius 3 is 2.58 bits per heavy atom. The van der Waals surface area contributed by atoms with E-state index in [2.05, 4.69) is 20.7 Å². The average molecular weight is 503 g/mol. The van der Waals surface area contributed by atoms with Crippen molar-refractivity contribution in [3.05, 3.63) is 94.0 Å². The molecular weight excluding hydrogens is 480 g/mol. The van der Waals surface area contributed by atoms with Crippen LogP contribution in [0.3, 0.4) is 0 Å². The van der Waals surface area contributed by atoms with Crippen molar-refractivity contribution in [3.8, 4) is 22.8 Å². The van der Waals surface area contributed by atoms with Crippen molar-refractivity contribution in [2.24, 2.45) is 5.10 Å². The highest BCUT2D eigenvalue weighted by Crippen LogP contribution is 2.29. The number of carbonyl (C=O) groups is 1. The van der Waals surface area contributed by atoms with Gasteiger partial charge in [0.1, 0.15) is 5.75 Å². The summed E-state index contributed by atoms with van der Waals surface area (Å²) >= 11 is 1.22. The number of methoxy groups -OCH3 is 1. The van der Waals surface area contributed by atoms with Crippen molar-refractivity contribution in [2.45, 2.75) is 12.1 Å². The molecule has 0 bridgehead atoms. The number of carbonyl (C=O) groups excluding carboxylic acids is 1. The molecule has 0 unspecified atom stereocenters. The van der Waals surface area contributed by atoms with Gasteiger partial charge in [0.2, 0.25) is 0 Å². The lowest BCUT2D eigenvalue weighted by Crippen LogP contribution is -2.20. The summed E-state index contributed by atoms with van der Waals surface area (Å²) in [5.41, 5.74) is 5.72.